The standard InChI is InChI=1S/C8H11N7S/c1-13-7(11-12-8(13)16)14-2-3-15-5-9-10-6(15)4-14/h5H,2-4H2,1H3,(H,12,16). The van der Waals surface area contributed by atoms with Crippen molar-refractivity contribution < 1.29 is 0 Å². The molecule has 0 aliphatic carbocycles. The molecule has 0 aromatic carbocycles. The summed E-state index contributed by atoms with van der Waals surface area (Å²) >= 11 is 5.09. The molecule has 1 N–H and O–H groups in total. The van der Waals surface area contributed by atoms with Crippen LogP contribution in [0.25, 0.3) is 0 Å². The molecule has 0 saturated carbocycles. The first kappa shape index (κ1) is 9.52. The number of hydrogen-bond donors (Lipinski definition) is 1. The first-order valence-corrected chi connectivity index (χ1v) is 5.39. The van der Waals surface area contributed by atoms with Crippen molar-refractivity contribution in [3.05, 3.63) is 16.9 Å². The second-order valence-electron chi connectivity index (χ2n) is 3.75. The van der Waals surface area contributed by atoms with Gasteiger partial charge < -0.3 is 9.47 Å². The highest BCUT2D eigenvalue weighted by Gasteiger charge is 2.20. The van der Waals surface area contributed by atoms with Crippen LogP contribution in [0.15, 0.2) is 6.33 Å². The van der Waals surface area contributed by atoms with Crippen LogP contribution in [0.4, 0.5) is 5.95 Å². The third kappa shape index (κ3) is 1.33. The number of aromatic amines is 1. The lowest BCUT2D eigenvalue weighted by molar-refractivity contribution is 0.545. The summed E-state index contributed by atoms with van der Waals surface area (Å²) in [6, 6.07) is 0. The van der Waals surface area contributed by atoms with Gasteiger partial charge in [0.1, 0.15) is 6.33 Å². The van der Waals surface area contributed by atoms with E-state index in [0.717, 1.165) is 24.9 Å². The molecule has 7 nitrogen and oxygen atoms in total. The SMILES string of the molecule is Cn1c(N2CCn3cnnc3C2)n[nH]c1=S. The van der Waals surface area contributed by atoms with Crippen molar-refractivity contribution in [1.82, 2.24) is 29.5 Å². The zero-order valence-electron chi connectivity index (χ0n) is 8.79. The van der Waals surface area contributed by atoms with Gasteiger partial charge in [-0.3, -0.25) is 4.57 Å². The van der Waals surface area contributed by atoms with Gasteiger partial charge in [0.2, 0.25) is 5.95 Å². The number of rotatable bonds is 1. The smallest absolute Gasteiger partial charge is 0.225 e. The summed E-state index contributed by atoms with van der Waals surface area (Å²) in [5, 5.41) is 15.0. The van der Waals surface area contributed by atoms with Crippen LogP contribution in [0.2, 0.25) is 0 Å². The molecule has 0 saturated heterocycles. The molecule has 8 heteroatoms. The van der Waals surface area contributed by atoms with Crippen molar-refractivity contribution in [2.45, 2.75) is 13.1 Å². The fourth-order valence-corrected chi connectivity index (χ4v) is 1.99. The van der Waals surface area contributed by atoms with Crippen LogP contribution in [0, 0.1) is 4.77 Å². The van der Waals surface area contributed by atoms with E-state index in [4.69, 9.17) is 12.2 Å². The molecule has 0 bridgehead atoms. The summed E-state index contributed by atoms with van der Waals surface area (Å²) in [4.78, 5) is 2.14. The number of H-pyrrole nitrogens is 1. The average Bonchev–Trinajstić information content (AvgIpc) is 2.86. The zero-order chi connectivity index (χ0) is 11.1. The Hall–Kier alpha value is -1.70. The average molecular weight is 237 g/mol. The van der Waals surface area contributed by atoms with Crippen molar-refractivity contribution in [2.75, 3.05) is 11.4 Å². The quantitative estimate of drug-likeness (QED) is 0.712. The van der Waals surface area contributed by atoms with Gasteiger partial charge >= 0.3 is 0 Å². The van der Waals surface area contributed by atoms with E-state index in [2.05, 4.69) is 29.9 Å². The van der Waals surface area contributed by atoms with E-state index >= 15 is 0 Å². The molecule has 0 unspecified atom stereocenters. The highest BCUT2D eigenvalue weighted by atomic mass is 32.1. The summed E-state index contributed by atoms with van der Waals surface area (Å²) in [6.45, 7) is 2.48. The lowest BCUT2D eigenvalue weighted by atomic mass is 10.4. The molecular weight excluding hydrogens is 226 g/mol. The second-order valence-corrected chi connectivity index (χ2v) is 4.14. The number of aromatic nitrogens is 6. The van der Waals surface area contributed by atoms with Crippen molar-refractivity contribution in [3.63, 3.8) is 0 Å². The summed E-state index contributed by atoms with van der Waals surface area (Å²) in [6.07, 6.45) is 1.76. The van der Waals surface area contributed by atoms with E-state index < -0.39 is 0 Å². The Morgan fingerprint density at radius 2 is 2.31 bits per heavy atom. The van der Waals surface area contributed by atoms with Crippen LogP contribution in [0.3, 0.4) is 0 Å². The number of nitrogens with one attached hydrogen (secondary N) is 1. The Labute approximate surface area is 96.7 Å². The van der Waals surface area contributed by atoms with Crippen molar-refractivity contribution in [2.24, 2.45) is 7.05 Å². The van der Waals surface area contributed by atoms with E-state index in [1.807, 2.05) is 11.6 Å². The number of anilines is 1. The fraction of sp³-hybridized carbons (Fsp3) is 0.500. The second kappa shape index (κ2) is 3.41. The minimum absolute atomic E-state index is 0.627. The molecule has 3 heterocycles. The van der Waals surface area contributed by atoms with E-state index in [0.29, 0.717) is 11.3 Å². The highest BCUT2D eigenvalue weighted by Crippen LogP contribution is 2.16. The molecule has 2 aromatic heterocycles. The summed E-state index contributed by atoms with van der Waals surface area (Å²) < 4.78 is 4.54. The van der Waals surface area contributed by atoms with Gasteiger partial charge in [0.15, 0.2) is 10.6 Å². The largest absolute Gasteiger partial charge is 0.332 e. The minimum atomic E-state index is 0.627. The van der Waals surface area contributed by atoms with Gasteiger partial charge in [0, 0.05) is 20.1 Å². The minimum Gasteiger partial charge on any atom is -0.332 e. The Morgan fingerprint density at radius 1 is 1.44 bits per heavy atom. The van der Waals surface area contributed by atoms with Gasteiger partial charge in [-0.15, -0.1) is 15.3 Å². The normalized spacial score (nSPS) is 15.2. The molecular formula is C8H11N7S. The van der Waals surface area contributed by atoms with Crippen LogP contribution in [0.1, 0.15) is 5.82 Å². The molecule has 84 valence electrons. The van der Waals surface area contributed by atoms with Gasteiger partial charge in [0.05, 0.1) is 6.54 Å². The van der Waals surface area contributed by atoms with Crippen LogP contribution in [-0.2, 0) is 20.1 Å². The molecule has 1 aliphatic rings. The Bertz CT molecular complexity index is 565. The van der Waals surface area contributed by atoms with Crippen LogP contribution in [-0.4, -0.2) is 36.1 Å². The van der Waals surface area contributed by atoms with Gasteiger partial charge in [-0.2, -0.15) is 0 Å². The predicted molar refractivity (Wildman–Crippen MR) is 59.5 cm³/mol. The van der Waals surface area contributed by atoms with Gasteiger partial charge in [-0.05, 0) is 12.2 Å². The van der Waals surface area contributed by atoms with Gasteiger partial charge in [0.25, 0.3) is 0 Å². The summed E-state index contributed by atoms with van der Waals surface area (Å²) in [5.41, 5.74) is 0. The Kier molecular flexibility index (Phi) is 2.03. The molecule has 0 fully saturated rings. The van der Waals surface area contributed by atoms with Crippen molar-refractivity contribution in [3.8, 4) is 0 Å². The van der Waals surface area contributed by atoms with Crippen LogP contribution in [0.5, 0.6) is 0 Å². The zero-order valence-corrected chi connectivity index (χ0v) is 9.61. The van der Waals surface area contributed by atoms with Gasteiger partial charge in [-0.1, -0.05) is 0 Å². The molecule has 0 amide bonds. The molecule has 2 aromatic rings. The summed E-state index contributed by atoms with van der Waals surface area (Å²) in [5.74, 6) is 1.81. The predicted octanol–water partition coefficient (Wildman–Crippen LogP) is 0.0894. The van der Waals surface area contributed by atoms with E-state index in [-0.39, 0.29) is 0 Å². The summed E-state index contributed by atoms with van der Waals surface area (Å²) in [7, 11) is 1.90. The maximum atomic E-state index is 5.09. The first-order chi connectivity index (χ1) is 7.75. The maximum absolute atomic E-state index is 5.09. The van der Waals surface area contributed by atoms with E-state index in [9.17, 15) is 0 Å². The number of fused-ring (bicyclic) bond motifs is 1. The van der Waals surface area contributed by atoms with Crippen LogP contribution < -0.4 is 4.90 Å². The molecule has 0 atom stereocenters. The van der Waals surface area contributed by atoms with Crippen molar-refractivity contribution in [1.29, 1.82) is 0 Å². The number of hydrogen-bond acceptors (Lipinski definition) is 5. The Morgan fingerprint density at radius 3 is 3.06 bits per heavy atom. The first-order valence-electron chi connectivity index (χ1n) is 4.99. The van der Waals surface area contributed by atoms with Gasteiger partial charge in [-0.25, -0.2) is 5.10 Å². The topological polar surface area (TPSA) is 67.6 Å². The molecule has 16 heavy (non-hydrogen) atoms. The monoisotopic (exact) mass is 237 g/mol. The molecule has 0 spiro atoms. The third-order valence-corrected chi connectivity index (χ3v) is 3.14. The molecule has 1 aliphatic heterocycles. The fourth-order valence-electron chi connectivity index (χ4n) is 1.86. The van der Waals surface area contributed by atoms with Crippen molar-refractivity contribution >= 4 is 18.2 Å². The molecule has 0 radical (unpaired) electrons. The van der Waals surface area contributed by atoms with Crippen LogP contribution >= 0.6 is 12.2 Å². The number of nitrogens with zero attached hydrogens (tertiary/aromatic N) is 6. The Balaban J connectivity index is 1.94. The maximum Gasteiger partial charge on any atom is 0.225 e. The third-order valence-electron chi connectivity index (χ3n) is 2.78. The molecule has 3 rings (SSSR count). The van der Waals surface area contributed by atoms with E-state index in [1.54, 1.807) is 6.33 Å². The highest BCUT2D eigenvalue weighted by molar-refractivity contribution is 7.71. The lowest BCUT2D eigenvalue weighted by Gasteiger charge is -2.27. The van der Waals surface area contributed by atoms with E-state index in [1.165, 1.54) is 0 Å². The lowest BCUT2D eigenvalue weighted by Crippen LogP contribution is -2.35.